The van der Waals surface area contributed by atoms with Crippen LogP contribution in [0.4, 0.5) is 0 Å². The molecule has 0 saturated heterocycles. The number of hydrogen-bond donors (Lipinski definition) is 1. The van der Waals surface area contributed by atoms with Crippen LogP contribution >= 0.6 is 12.4 Å². The summed E-state index contributed by atoms with van der Waals surface area (Å²) in [6.07, 6.45) is 3.26. The Kier molecular flexibility index (Phi) is 12.2. The third-order valence-corrected chi connectivity index (χ3v) is 7.07. The van der Waals surface area contributed by atoms with Gasteiger partial charge in [0, 0.05) is 55.3 Å². The Labute approximate surface area is 280 Å². The summed E-state index contributed by atoms with van der Waals surface area (Å²) in [4.78, 5) is 32.9. The predicted molar refractivity (Wildman–Crippen MR) is 168 cm³/mol. The van der Waals surface area contributed by atoms with Gasteiger partial charge in [-0.05, 0) is 54.2 Å². The van der Waals surface area contributed by atoms with Crippen LogP contribution in [-0.2, 0) is 19.4 Å². The zero-order valence-corrected chi connectivity index (χ0v) is 27.1. The van der Waals surface area contributed by atoms with Crippen molar-refractivity contribution < 1.29 is 9.26 Å². The fourth-order valence-electron chi connectivity index (χ4n) is 4.88. The van der Waals surface area contributed by atoms with E-state index in [-0.39, 0.29) is 55.7 Å². The third kappa shape index (κ3) is 7.61. The first-order valence-corrected chi connectivity index (χ1v) is 13.4. The van der Waals surface area contributed by atoms with Crippen molar-refractivity contribution in [1.82, 2.24) is 19.7 Å². The van der Waals surface area contributed by atoms with Crippen LogP contribution in [-0.4, -0.2) is 64.5 Å². The summed E-state index contributed by atoms with van der Waals surface area (Å²) in [6, 6.07) is 23.6. The standard InChI is InChI=1S/C32H32N4O4.Ca.ClH/c1-4-5-10-29-28(31(37)36(21(2)33-29)20-23-13-17-25(39-3)18-14-23)19-22-11-15-24(16-12-22)26-8-6-7-9-27(26)30-34-32(38)40-35-30;;/h6-9,11-18H,4-5,10,19-20H2,1-3H3,(H,34,35,38);;1H. The quantitative estimate of drug-likeness (QED) is 0.206. The molecular weight excluding hydrogens is 580 g/mol. The molecule has 2 heterocycles. The SMILES string of the molecule is CCCCc1nc(C)n(Cc2ccc(OC)cc2)c(=O)c1Cc1ccc(-c2ccccc2-c2noc(=O)[nH]2)cc1.Cl.[Ca]. The van der Waals surface area contributed by atoms with Crippen LogP contribution in [0.2, 0.25) is 0 Å². The zero-order valence-electron chi connectivity index (χ0n) is 24.1. The van der Waals surface area contributed by atoms with E-state index in [9.17, 15) is 9.59 Å². The van der Waals surface area contributed by atoms with Gasteiger partial charge < -0.3 is 4.74 Å². The van der Waals surface area contributed by atoms with E-state index in [1.165, 1.54) is 0 Å². The molecule has 5 aromatic rings. The summed E-state index contributed by atoms with van der Waals surface area (Å²) >= 11 is 0. The number of halogens is 1. The third-order valence-electron chi connectivity index (χ3n) is 7.07. The van der Waals surface area contributed by atoms with Crippen molar-refractivity contribution in [1.29, 1.82) is 0 Å². The summed E-state index contributed by atoms with van der Waals surface area (Å²) in [7, 11) is 1.64. The smallest absolute Gasteiger partial charge is 0.439 e. The molecule has 8 nitrogen and oxygen atoms in total. The summed E-state index contributed by atoms with van der Waals surface area (Å²) in [5.41, 5.74) is 6.30. The normalized spacial score (nSPS) is 10.5. The van der Waals surface area contributed by atoms with Gasteiger partial charge in [0.05, 0.1) is 19.3 Å². The van der Waals surface area contributed by atoms with Gasteiger partial charge >= 0.3 is 5.76 Å². The van der Waals surface area contributed by atoms with Gasteiger partial charge in [-0.15, -0.1) is 12.4 Å². The Hall–Kier alpha value is -3.17. The number of nitrogens with zero attached hydrogens (tertiary/aromatic N) is 3. The van der Waals surface area contributed by atoms with Crippen LogP contribution in [0.3, 0.4) is 0 Å². The molecule has 0 aliphatic heterocycles. The van der Waals surface area contributed by atoms with Crippen molar-refractivity contribution in [3.8, 4) is 28.3 Å². The van der Waals surface area contributed by atoms with E-state index in [0.29, 0.717) is 24.6 Å². The molecule has 5 rings (SSSR count). The van der Waals surface area contributed by atoms with Gasteiger partial charge in [0.15, 0.2) is 5.82 Å². The maximum absolute atomic E-state index is 13.9. The number of benzene rings is 3. The van der Waals surface area contributed by atoms with E-state index in [0.717, 1.165) is 64.1 Å². The Balaban J connectivity index is 0.00000242. The Morgan fingerprint density at radius 3 is 2.21 bits per heavy atom. The molecule has 0 aliphatic rings. The predicted octanol–water partition coefficient (Wildman–Crippen LogP) is 5.59. The second-order valence-corrected chi connectivity index (χ2v) is 9.79. The molecule has 0 amide bonds. The molecule has 3 aromatic carbocycles. The molecule has 0 spiro atoms. The molecule has 10 heteroatoms. The Morgan fingerprint density at radius 2 is 1.60 bits per heavy atom. The number of nitrogens with one attached hydrogen (secondary N) is 1. The Bertz CT molecular complexity index is 1730. The van der Waals surface area contributed by atoms with Gasteiger partial charge in [0.25, 0.3) is 5.56 Å². The van der Waals surface area contributed by atoms with E-state index < -0.39 is 5.76 Å². The molecule has 0 unspecified atom stereocenters. The van der Waals surface area contributed by atoms with E-state index in [4.69, 9.17) is 14.2 Å². The summed E-state index contributed by atoms with van der Waals surface area (Å²) < 4.78 is 11.7. The summed E-state index contributed by atoms with van der Waals surface area (Å²) in [6.45, 7) is 4.49. The first-order valence-electron chi connectivity index (χ1n) is 13.4. The number of aryl methyl sites for hydroxylation is 2. The second kappa shape index (κ2) is 15.3. The van der Waals surface area contributed by atoms with Crippen LogP contribution in [0.5, 0.6) is 5.75 Å². The molecule has 214 valence electrons. The van der Waals surface area contributed by atoms with Gasteiger partial charge in [-0.2, -0.15) is 0 Å². The van der Waals surface area contributed by atoms with Crippen molar-refractivity contribution in [2.24, 2.45) is 0 Å². The van der Waals surface area contributed by atoms with Gasteiger partial charge in [-0.3, -0.25) is 18.9 Å². The van der Waals surface area contributed by atoms with E-state index in [2.05, 4.69) is 17.1 Å². The molecular formula is C32H33CaClN4O4. The van der Waals surface area contributed by atoms with Crippen LogP contribution < -0.4 is 16.1 Å². The van der Waals surface area contributed by atoms with Gasteiger partial charge in [-0.1, -0.05) is 79.2 Å². The number of methoxy groups -OCH3 is 1. The van der Waals surface area contributed by atoms with Crippen molar-refractivity contribution in [3.05, 3.63) is 122 Å². The molecule has 0 saturated carbocycles. The number of aromatic nitrogens is 4. The Morgan fingerprint density at radius 1 is 0.929 bits per heavy atom. The number of ether oxygens (including phenoxy) is 1. The van der Waals surface area contributed by atoms with E-state index >= 15 is 0 Å². The first kappa shape index (κ1) is 33.3. The van der Waals surface area contributed by atoms with Crippen LogP contribution in [0.25, 0.3) is 22.5 Å². The molecule has 2 aromatic heterocycles. The molecule has 1 N–H and O–H groups in total. The average molecular weight is 613 g/mol. The maximum Gasteiger partial charge on any atom is 0.439 e. The van der Waals surface area contributed by atoms with Crippen molar-refractivity contribution in [3.63, 3.8) is 0 Å². The number of aromatic amines is 1. The van der Waals surface area contributed by atoms with Crippen molar-refractivity contribution in [2.45, 2.75) is 46.1 Å². The molecule has 0 bridgehead atoms. The maximum atomic E-state index is 13.9. The van der Waals surface area contributed by atoms with E-state index in [1.807, 2.05) is 79.7 Å². The van der Waals surface area contributed by atoms with Gasteiger partial charge in [0.1, 0.15) is 11.6 Å². The van der Waals surface area contributed by atoms with Crippen LogP contribution in [0, 0.1) is 6.92 Å². The molecule has 0 fully saturated rings. The van der Waals surface area contributed by atoms with Gasteiger partial charge in [0.2, 0.25) is 0 Å². The minimum Gasteiger partial charge on any atom is -0.497 e. The molecule has 0 atom stereocenters. The largest absolute Gasteiger partial charge is 0.497 e. The summed E-state index contributed by atoms with van der Waals surface area (Å²) in [5, 5.41) is 3.85. The fourth-order valence-corrected chi connectivity index (χ4v) is 4.88. The number of hydrogen-bond acceptors (Lipinski definition) is 6. The average Bonchev–Trinajstić information content (AvgIpc) is 3.42. The second-order valence-electron chi connectivity index (χ2n) is 9.79. The van der Waals surface area contributed by atoms with Crippen LogP contribution in [0.1, 0.15) is 48.0 Å². The molecule has 42 heavy (non-hydrogen) atoms. The minimum absolute atomic E-state index is 0. The monoisotopic (exact) mass is 612 g/mol. The van der Waals surface area contributed by atoms with Crippen molar-refractivity contribution in [2.75, 3.05) is 7.11 Å². The number of H-pyrrole nitrogens is 1. The summed E-state index contributed by atoms with van der Waals surface area (Å²) in [5.74, 6) is 1.28. The number of unbranched alkanes of at least 4 members (excludes halogenated alkanes) is 1. The molecule has 0 aliphatic carbocycles. The number of rotatable bonds is 10. The van der Waals surface area contributed by atoms with Gasteiger partial charge in [-0.25, -0.2) is 9.78 Å². The van der Waals surface area contributed by atoms with Crippen LogP contribution in [0.15, 0.2) is 86.9 Å². The van der Waals surface area contributed by atoms with E-state index in [1.54, 1.807) is 11.7 Å². The zero-order chi connectivity index (χ0) is 28.1. The fraction of sp³-hybridized carbons (Fsp3) is 0.250. The molecule has 2 radical (unpaired) electrons. The van der Waals surface area contributed by atoms with Crippen molar-refractivity contribution >= 4 is 50.1 Å². The first-order chi connectivity index (χ1) is 19.5. The minimum atomic E-state index is -0.594. The topological polar surface area (TPSA) is 103 Å².